The predicted octanol–water partition coefficient (Wildman–Crippen LogP) is 3.78. The Balaban J connectivity index is 1.45. The summed E-state index contributed by atoms with van der Waals surface area (Å²) in [6.07, 6.45) is 5.82. The Hall–Kier alpha value is -1.70. The normalized spacial score (nSPS) is 18.3. The maximum Gasteiger partial charge on any atom is 0.264 e. The molecule has 0 saturated carbocycles. The fourth-order valence-electron chi connectivity index (χ4n) is 4.18. The van der Waals surface area contributed by atoms with Crippen LogP contribution in [0.4, 0.5) is 0 Å². The van der Waals surface area contributed by atoms with Gasteiger partial charge in [-0.3, -0.25) is 4.79 Å². The van der Waals surface area contributed by atoms with Gasteiger partial charge in [-0.15, -0.1) is 11.3 Å². The van der Waals surface area contributed by atoms with E-state index in [2.05, 4.69) is 6.07 Å². The van der Waals surface area contributed by atoms with E-state index >= 15 is 0 Å². The minimum Gasteiger partial charge on any atom is -0.335 e. The first-order chi connectivity index (χ1) is 13.9. The zero-order valence-corrected chi connectivity index (χ0v) is 18.7. The molecule has 0 radical (unpaired) electrons. The molecule has 7 heteroatoms. The zero-order valence-electron chi connectivity index (χ0n) is 17.1. The summed E-state index contributed by atoms with van der Waals surface area (Å²) >= 11 is 1.63. The van der Waals surface area contributed by atoms with Crippen LogP contribution in [-0.4, -0.2) is 49.7 Å². The number of aryl methyl sites for hydroxylation is 4. The first kappa shape index (κ1) is 20.6. The average Bonchev–Trinajstić information content (AvgIpc) is 2.99. The lowest BCUT2D eigenvalue weighted by Gasteiger charge is -2.34. The number of fused-ring (bicyclic) bond motifs is 1. The van der Waals surface area contributed by atoms with Gasteiger partial charge in [0, 0.05) is 31.1 Å². The number of carbonyl (C=O) groups excluding carboxylic acids is 1. The molecule has 29 heavy (non-hydrogen) atoms. The molecular formula is C22H28N2O3S2. The number of piperazine rings is 1. The average molecular weight is 433 g/mol. The minimum atomic E-state index is -3.54. The van der Waals surface area contributed by atoms with Crippen molar-refractivity contribution in [3.63, 3.8) is 0 Å². The second-order valence-corrected chi connectivity index (χ2v) is 11.1. The predicted molar refractivity (Wildman–Crippen MR) is 116 cm³/mol. The lowest BCUT2D eigenvalue weighted by atomic mass is 10.1. The van der Waals surface area contributed by atoms with Crippen molar-refractivity contribution in [2.45, 2.75) is 50.8 Å². The Kier molecular flexibility index (Phi) is 5.82. The zero-order chi connectivity index (χ0) is 20.6. The maximum atomic E-state index is 13.1. The highest BCUT2D eigenvalue weighted by Crippen LogP contribution is 2.30. The van der Waals surface area contributed by atoms with E-state index in [0.717, 1.165) is 28.8 Å². The van der Waals surface area contributed by atoms with Gasteiger partial charge in [-0.05, 0) is 68.4 Å². The summed E-state index contributed by atoms with van der Waals surface area (Å²) in [5.41, 5.74) is 3.03. The molecule has 0 atom stereocenters. The number of amides is 1. The van der Waals surface area contributed by atoms with Crippen LogP contribution in [0.15, 0.2) is 29.2 Å². The lowest BCUT2D eigenvalue weighted by molar-refractivity contribution is 0.0702. The molecule has 0 N–H and O–H groups in total. The van der Waals surface area contributed by atoms with E-state index in [-0.39, 0.29) is 5.91 Å². The number of nitrogens with zero attached hydrogens (tertiary/aromatic N) is 2. The lowest BCUT2D eigenvalue weighted by Crippen LogP contribution is -2.50. The summed E-state index contributed by atoms with van der Waals surface area (Å²) in [6, 6.07) is 7.59. The quantitative estimate of drug-likeness (QED) is 0.694. The molecule has 1 fully saturated rings. The van der Waals surface area contributed by atoms with E-state index in [0.29, 0.717) is 31.1 Å². The van der Waals surface area contributed by atoms with Crippen molar-refractivity contribution in [3.8, 4) is 0 Å². The second-order valence-electron chi connectivity index (χ2n) is 8.08. The monoisotopic (exact) mass is 432 g/mol. The van der Waals surface area contributed by atoms with E-state index in [1.54, 1.807) is 22.3 Å². The number of thiophene rings is 1. The van der Waals surface area contributed by atoms with Crippen LogP contribution in [0.1, 0.15) is 50.5 Å². The fraction of sp³-hybridized carbons (Fsp3) is 0.500. The van der Waals surface area contributed by atoms with E-state index < -0.39 is 10.0 Å². The molecule has 1 aliphatic heterocycles. The van der Waals surface area contributed by atoms with Gasteiger partial charge in [0.05, 0.1) is 9.77 Å². The number of hydrogen-bond acceptors (Lipinski definition) is 4. The molecule has 2 aliphatic rings. The van der Waals surface area contributed by atoms with Crippen LogP contribution in [0.5, 0.6) is 0 Å². The summed E-state index contributed by atoms with van der Waals surface area (Å²) in [5, 5.41) is 0. The second kappa shape index (κ2) is 8.20. The molecule has 0 spiro atoms. The van der Waals surface area contributed by atoms with Crippen LogP contribution in [-0.2, 0) is 22.9 Å². The molecule has 156 valence electrons. The molecule has 1 aromatic carbocycles. The number of benzene rings is 1. The molecule has 1 aromatic heterocycles. The summed E-state index contributed by atoms with van der Waals surface area (Å²) in [5.74, 6) is 0.0480. The minimum absolute atomic E-state index is 0.0480. The Morgan fingerprint density at radius 3 is 2.45 bits per heavy atom. The highest BCUT2D eigenvalue weighted by molar-refractivity contribution is 7.89. The standard InChI is InChI=1S/C22H28N2O3S2/c1-16-8-9-17(2)21(14-16)29(26,27)24-12-10-23(11-13-24)22(25)20-15-18-6-4-3-5-7-19(18)28-20/h8-9,14-15H,3-7,10-13H2,1-2H3. The number of hydrogen-bond donors (Lipinski definition) is 0. The van der Waals surface area contributed by atoms with Gasteiger partial charge >= 0.3 is 0 Å². The van der Waals surface area contributed by atoms with Crippen molar-refractivity contribution in [1.29, 1.82) is 0 Å². The first-order valence-electron chi connectivity index (χ1n) is 10.3. The fourth-order valence-corrected chi connectivity index (χ4v) is 7.14. The molecule has 1 amide bonds. The Morgan fingerprint density at radius 1 is 0.966 bits per heavy atom. The van der Waals surface area contributed by atoms with E-state index in [1.165, 1.54) is 34.0 Å². The molecule has 5 nitrogen and oxygen atoms in total. The largest absolute Gasteiger partial charge is 0.335 e. The molecular weight excluding hydrogens is 404 g/mol. The molecule has 4 rings (SSSR count). The van der Waals surface area contributed by atoms with Crippen molar-refractivity contribution >= 4 is 27.3 Å². The van der Waals surface area contributed by atoms with Crippen LogP contribution >= 0.6 is 11.3 Å². The van der Waals surface area contributed by atoms with Gasteiger partial charge in [0.15, 0.2) is 0 Å². The van der Waals surface area contributed by atoms with Crippen LogP contribution < -0.4 is 0 Å². The first-order valence-corrected chi connectivity index (χ1v) is 12.6. The third kappa shape index (κ3) is 4.13. The Morgan fingerprint density at radius 2 is 1.69 bits per heavy atom. The van der Waals surface area contributed by atoms with E-state index in [9.17, 15) is 13.2 Å². The van der Waals surface area contributed by atoms with Crippen LogP contribution in [0.2, 0.25) is 0 Å². The van der Waals surface area contributed by atoms with Crippen LogP contribution in [0.25, 0.3) is 0 Å². The van der Waals surface area contributed by atoms with Gasteiger partial charge in [0.1, 0.15) is 0 Å². The van der Waals surface area contributed by atoms with E-state index in [1.807, 2.05) is 26.0 Å². The molecule has 0 unspecified atom stereocenters. The summed E-state index contributed by atoms with van der Waals surface area (Å²) < 4.78 is 27.7. The Bertz CT molecular complexity index is 995. The van der Waals surface area contributed by atoms with Gasteiger partial charge in [-0.1, -0.05) is 18.6 Å². The number of rotatable bonds is 3. The summed E-state index contributed by atoms with van der Waals surface area (Å²) in [6.45, 7) is 5.28. The van der Waals surface area contributed by atoms with Gasteiger partial charge in [-0.25, -0.2) is 8.42 Å². The third-order valence-corrected chi connectivity index (χ3v) is 9.21. The van der Waals surface area contributed by atoms with Crippen LogP contribution in [0, 0.1) is 13.8 Å². The van der Waals surface area contributed by atoms with Crippen molar-refractivity contribution in [2.24, 2.45) is 0 Å². The molecule has 2 aromatic rings. The van der Waals surface area contributed by atoms with Gasteiger partial charge in [-0.2, -0.15) is 4.31 Å². The number of sulfonamides is 1. The SMILES string of the molecule is Cc1ccc(C)c(S(=O)(=O)N2CCN(C(=O)c3cc4c(s3)CCCCC4)CC2)c1. The van der Waals surface area contributed by atoms with Crippen molar-refractivity contribution in [2.75, 3.05) is 26.2 Å². The molecule has 0 bridgehead atoms. The topological polar surface area (TPSA) is 57.7 Å². The van der Waals surface area contributed by atoms with Crippen molar-refractivity contribution < 1.29 is 13.2 Å². The third-order valence-electron chi connectivity index (χ3n) is 5.94. The van der Waals surface area contributed by atoms with E-state index in [4.69, 9.17) is 0 Å². The summed E-state index contributed by atoms with van der Waals surface area (Å²) in [7, 11) is -3.54. The molecule has 1 aliphatic carbocycles. The van der Waals surface area contributed by atoms with Crippen LogP contribution in [0.3, 0.4) is 0 Å². The molecule has 2 heterocycles. The van der Waals surface area contributed by atoms with Gasteiger partial charge < -0.3 is 4.90 Å². The van der Waals surface area contributed by atoms with Crippen molar-refractivity contribution in [1.82, 2.24) is 9.21 Å². The Labute approximate surface area is 177 Å². The number of carbonyl (C=O) groups is 1. The van der Waals surface area contributed by atoms with Crippen molar-refractivity contribution in [3.05, 3.63) is 50.7 Å². The van der Waals surface area contributed by atoms with Gasteiger partial charge in [0.25, 0.3) is 5.91 Å². The molecule has 1 saturated heterocycles. The highest BCUT2D eigenvalue weighted by atomic mass is 32.2. The summed E-state index contributed by atoms with van der Waals surface area (Å²) in [4.78, 5) is 17.3. The highest BCUT2D eigenvalue weighted by Gasteiger charge is 2.32. The maximum absolute atomic E-state index is 13.1. The smallest absolute Gasteiger partial charge is 0.264 e. The van der Waals surface area contributed by atoms with Gasteiger partial charge in [0.2, 0.25) is 10.0 Å².